The topological polar surface area (TPSA) is 61.8 Å². The summed E-state index contributed by atoms with van der Waals surface area (Å²) in [7, 11) is 0. The van der Waals surface area contributed by atoms with Gasteiger partial charge in [0.05, 0.1) is 6.10 Å². The molecule has 5 unspecified atom stereocenters. The minimum absolute atomic E-state index is 0.145. The lowest BCUT2D eigenvalue weighted by Gasteiger charge is -2.43. The van der Waals surface area contributed by atoms with Crippen LogP contribution in [0.3, 0.4) is 0 Å². The van der Waals surface area contributed by atoms with E-state index in [-0.39, 0.29) is 48.0 Å². The van der Waals surface area contributed by atoms with Gasteiger partial charge in [0.25, 0.3) is 0 Å². The summed E-state index contributed by atoms with van der Waals surface area (Å²) in [5.74, 6) is 0.664. The number of hydrogen-bond donors (Lipinski definition) is 0. The first-order chi connectivity index (χ1) is 10.4. The number of carbonyl (C=O) groups is 2. The molecule has 5 nitrogen and oxygen atoms in total. The predicted octanol–water partition coefficient (Wildman–Crippen LogP) is 3.01. The molecule has 1 aliphatic heterocycles. The zero-order valence-corrected chi connectivity index (χ0v) is 15.0. The van der Waals surface area contributed by atoms with Gasteiger partial charge in [0.2, 0.25) is 0 Å². The Bertz CT molecular complexity index is 372. The normalized spacial score (nSPS) is 31.6. The molecular weight excluding hydrogens is 304 g/mol. The van der Waals surface area contributed by atoms with Gasteiger partial charge in [0.15, 0.2) is 0 Å². The van der Waals surface area contributed by atoms with E-state index in [0.717, 1.165) is 18.6 Å². The lowest BCUT2D eigenvalue weighted by Crippen LogP contribution is -2.51. The number of carbonyl (C=O) groups excluding carboxylic acids is 2. The molecule has 1 aliphatic rings. The molecule has 1 fully saturated rings. The molecule has 0 aliphatic carbocycles. The second-order valence-corrected chi connectivity index (χ2v) is 7.07. The Morgan fingerprint density at radius 3 is 2.36 bits per heavy atom. The third kappa shape index (κ3) is 5.80. The van der Waals surface area contributed by atoms with E-state index in [1.54, 1.807) is 11.8 Å². The Hall–Kier alpha value is -0.750. The van der Waals surface area contributed by atoms with Crippen LogP contribution in [0.25, 0.3) is 0 Å². The van der Waals surface area contributed by atoms with Gasteiger partial charge in [-0.3, -0.25) is 9.59 Å². The van der Waals surface area contributed by atoms with E-state index in [2.05, 4.69) is 13.8 Å². The monoisotopic (exact) mass is 332 g/mol. The molecule has 0 aromatic heterocycles. The number of esters is 2. The number of thioether (sulfide) groups is 1. The van der Waals surface area contributed by atoms with Crippen LogP contribution in [0.2, 0.25) is 0 Å². The lowest BCUT2D eigenvalue weighted by atomic mass is 9.84. The van der Waals surface area contributed by atoms with Crippen molar-refractivity contribution in [3.63, 3.8) is 0 Å². The van der Waals surface area contributed by atoms with Gasteiger partial charge in [0.1, 0.15) is 18.1 Å². The molecule has 0 radical (unpaired) electrons. The zero-order valence-electron chi connectivity index (χ0n) is 14.2. The maximum atomic E-state index is 11.4. The maximum absolute atomic E-state index is 11.4. The summed E-state index contributed by atoms with van der Waals surface area (Å²) in [6.45, 7) is 9.32. The highest BCUT2D eigenvalue weighted by Crippen LogP contribution is 2.37. The number of ether oxygens (including phenoxy) is 3. The molecule has 6 heteroatoms. The van der Waals surface area contributed by atoms with Crippen molar-refractivity contribution in [3.05, 3.63) is 0 Å². The Morgan fingerprint density at radius 1 is 1.14 bits per heavy atom. The lowest BCUT2D eigenvalue weighted by molar-refractivity contribution is -0.184. The fraction of sp³-hybridized carbons (Fsp3) is 0.875. The summed E-state index contributed by atoms with van der Waals surface area (Å²) in [5, 5.41) is 0. The summed E-state index contributed by atoms with van der Waals surface area (Å²) >= 11 is 1.68. The fourth-order valence-corrected chi connectivity index (χ4v) is 3.88. The average Bonchev–Trinajstić information content (AvgIpc) is 2.44. The minimum atomic E-state index is -0.305. The summed E-state index contributed by atoms with van der Waals surface area (Å²) in [5.41, 5.74) is -0.206. The highest BCUT2D eigenvalue weighted by atomic mass is 32.2. The van der Waals surface area contributed by atoms with Gasteiger partial charge >= 0.3 is 11.9 Å². The number of hydrogen-bond acceptors (Lipinski definition) is 6. The highest BCUT2D eigenvalue weighted by Gasteiger charge is 2.43. The van der Waals surface area contributed by atoms with Gasteiger partial charge in [-0.25, -0.2) is 0 Å². The van der Waals surface area contributed by atoms with E-state index >= 15 is 0 Å². The van der Waals surface area contributed by atoms with Crippen molar-refractivity contribution >= 4 is 23.7 Å². The van der Waals surface area contributed by atoms with Crippen molar-refractivity contribution in [1.29, 1.82) is 0 Å². The number of rotatable bonds is 7. The highest BCUT2D eigenvalue weighted by molar-refractivity contribution is 7.99. The minimum Gasteiger partial charge on any atom is -0.463 e. The van der Waals surface area contributed by atoms with E-state index < -0.39 is 0 Å². The second-order valence-electron chi connectivity index (χ2n) is 5.86. The van der Waals surface area contributed by atoms with Crippen LogP contribution in [0.15, 0.2) is 0 Å². The predicted molar refractivity (Wildman–Crippen MR) is 86.5 cm³/mol. The van der Waals surface area contributed by atoms with Gasteiger partial charge in [-0.15, -0.1) is 11.8 Å². The molecule has 0 spiro atoms. The molecule has 0 aromatic rings. The van der Waals surface area contributed by atoms with E-state index in [9.17, 15) is 9.59 Å². The van der Waals surface area contributed by atoms with E-state index in [4.69, 9.17) is 14.2 Å². The Balaban J connectivity index is 2.75. The van der Waals surface area contributed by atoms with Crippen LogP contribution in [0.4, 0.5) is 0 Å². The summed E-state index contributed by atoms with van der Waals surface area (Å²) in [6, 6.07) is 0. The van der Waals surface area contributed by atoms with Gasteiger partial charge in [-0.2, -0.15) is 0 Å². The van der Waals surface area contributed by atoms with Crippen LogP contribution < -0.4 is 0 Å². The standard InChI is InChI=1S/C16H28O5S/c1-6-7-8-22-16-15(20-13(5)18)11(3)10(2)14(21-16)9-19-12(4)17/h10-11,14-16H,6-9H2,1-5H3. The van der Waals surface area contributed by atoms with Gasteiger partial charge < -0.3 is 14.2 Å². The fourth-order valence-electron chi connectivity index (χ4n) is 2.48. The van der Waals surface area contributed by atoms with Crippen molar-refractivity contribution in [1.82, 2.24) is 0 Å². The molecule has 0 bridgehead atoms. The Kier molecular flexibility index (Phi) is 8.25. The van der Waals surface area contributed by atoms with Crippen LogP contribution in [0.1, 0.15) is 47.5 Å². The van der Waals surface area contributed by atoms with Crippen molar-refractivity contribution in [3.8, 4) is 0 Å². The van der Waals surface area contributed by atoms with Crippen molar-refractivity contribution in [2.45, 2.75) is 65.1 Å². The van der Waals surface area contributed by atoms with Crippen LogP contribution in [0.5, 0.6) is 0 Å². The summed E-state index contributed by atoms with van der Waals surface area (Å²) in [4.78, 5) is 22.4. The van der Waals surface area contributed by atoms with Crippen LogP contribution in [0, 0.1) is 11.8 Å². The van der Waals surface area contributed by atoms with Crippen LogP contribution >= 0.6 is 11.8 Å². The summed E-state index contributed by atoms with van der Waals surface area (Å²) in [6.07, 6.45) is 1.78. The first-order valence-electron chi connectivity index (χ1n) is 7.94. The van der Waals surface area contributed by atoms with Gasteiger partial charge in [-0.1, -0.05) is 27.2 Å². The molecule has 22 heavy (non-hydrogen) atoms. The average molecular weight is 332 g/mol. The van der Waals surface area contributed by atoms with Gasteiger partial charge in [-0.05, 0) is 18.1 Å². The molecule has 128 valence electrons. The smallest absolute Gasteiger partial charge is 0.303 e. The summed E-state index contributed by atoms with van der Waals surface area (Å²) < 4.78 is 16.7. The van der Waals surface area contributed by atoms with Gasteiger partial charge in [0, 0.05) is 19.8 Å². The Morgan fingerprint density at radius 2 is 1.82 bits per heavy atom. The molecular formula is C16H28O5S. The molecule has 0 amide bonds. The molecule has 0 N–H and O–H groups in total. The zero-order chi connectivity index (χ0) is 16.7. The quantitative estimate of drug-likeness (QED) is 0.527. The van der Waals surface area contributed by atoms with Crippen molar-refractivity contribution < 1.29 is 23.8 Å². The first kappa shape index (κ1) is 19.3. The molecule has 0 saturated carbocycles. The molecule has 5 atom stereocenters. The first-order valence-corrected chi connectivity index (χ1v) is 8.99. The molecule has 1 rings (SSSR count). The van der Waals surface area contributed by atoms with E-state index in [1.807, 2.05) is 6.92 Å². The van der Waals surface area contributed by atoms with Crippen LogP contribution in [-0.4, -0.2) is 41.9 Å². The maximum Gasteiger partial charge on any atom is 0.303 e. The van der Waals surface area contributed by atoms with Crippen LogP contribution in [-0.2, 0) is 23.8 Å². The second kappa shape index (κ2) is 9.40. The third-order valence-corrected chi connectivity index (χ3v) is 5.28. The van der Waals surface area contributed by atoms with Crippen molar-refractivity contribution in [2.24, 2.45) is 11.8 Å². The SMILES string of the molecule is CCCCSC1OC(COC(C)=O)C(C)C(C)C1OC(C)=O. The molecule has 1 saturated heterocycles. The molecule has 0 aromatic carbocycles. The Labute approximate surface area is 137 Å². The third-order valence-electron chi connectivity index (χ3n) is 4.04. The molecule has 1 heterocycles. The van der Waals surface area contributed by atoms with Crippen molar-refractivity contribution in [2.75, 3.05) is 12.4 Å². The van der Waals surface area contributed by atoms with E-state index in [1.165, 1.54) is 13.8 Å². The van der Waals surface area contributed by atoms with E-state index in [0.29, 0.717) is 0 Å². The number of unbranched alkanes of at least 4 members (excludes halogenated alkanes) is 1. The largest absolute Gasteiger partial charge is 0.463 e.